The first-order chi connectivity index (χ1) is 10.1. The Labute approximate surface area is 139 Å². The average molecular weight is 348 g/mol. The summed E-state index contributed by atoms with van der Waals surface area (Å²) in [6.45, 7) is 5.20. The van der Waals surface area contributed by atoms with E-state index in [9.17, 15) is 9.59 Å². The lowest BCUT2D eigenvalue weighted by Gasteiger charge is -2.22. The number of methoxy groups -OCH3 is 1. The maximum atomic E-state index is 11.8. The van der Waals surface area contributed by atoms with E-state index in [0.29, 0.717) is 10.0 Å². The molecule has 1 aromatic carbocycles. The van der Waals surface area contributed by atoms with E-state index < -0.39 is 23.7 Å². The summed E-state index contributed by atoms with van der Waals surface area (Å²) >= 11 is 11.8. The summed E-state index contributed by atoms with van der Waals surface area (Å²) in [7, 11) is 1.25. The van der Waals surface area contributed by atoms with Crippen molar-refractivity contribution in [1.29, 1.82) is 0 Å². The van der Waals surface area contributed by atoms with Gasteiger partial charge in [0.05, 0.1) is 17.2 Å². The highest BCUT2D eigenvalue weighted by Gasteiger charge is 2.25. The highest BCUT2D eigenvalue weighted by atomic mass is 35.5. The minimum absolute atomic E-state index is 0.211. The van der Waals surface area contributed by atoms with Gasteiger partial charge in [-0.2, -0.15) is 0 Å². The highest BCUT2D eigenvalue weighted by Crippen LogP contribution is 2.23. The Morgan fingerprint density at radius 3 is 2.36 bits per heavy atom. The number of carbonyl (C=O) groups excluding carboxylic acids is 2. The van der Waals surface area contributed by atoms with Crippen LogP contribution in [0.2, 0.25) is 10.0 Å². The first kappa shape index (κ1) is 18.6. The van der Waals surface area contributed by atoms with Crippen molar-refractivity contribution < 1.29 is 19.1 Å². The van der Waals surface area contributed by atoms with Crippen LogP contribution in [-0.4, -0.2) is 30.8 Å². The number of ether oxygens (including phenoxy) is 2. The zero-order chi connectivity index (χ0) is 16.9. The van der Waals surface area contributed by atoms with Gasteiger partial charge < -0.3 is 14.8 Å². The van der Waals surface area contributed by atoms with Gasteiger partial charge in [0.25, 0.3) is 0 Å². The molecule has 0 bridgehead atoms. The Bertz CT molecular complexity index is 555. The van der Waals surface area contributed by atoms with Gasteiger partial charge in [0.1, 0.15) is 11.6 Å². The highest BCUT2D eigenvalue weighted by molar-refractivity contribution is 6.42. The molecule has 0 aliphatic heterocycles. The lowest BCUT2D eigenvalue weighted by molar-refractivity contribution is -0.143. The van der Waals surface area contributed by atoms with Crippen molar-refractivity contribution >= 4 is 35.3 Å². The normalized spacial score (nSPS) is 12.5. The summed E-state index contributed by atoms with van der Waals surface area (Å²) in [5.74, 6) is -0.572. The quantitative estimate of drug-likeness (QED) is 0.845. The molecule has 0 aliphatic rings. The van der Waals surface area contributed by atoms with E-state index in [2.05, 4.69) is 5.32 Å². The molecule has 0 saturated carbocycles. The molecule has 122 valence electrons. The molecule has 0 heterocycles. The molecule has 0 unspecified atom stereocenters. The van der Waals surface area contributed by atoms with E-state index in [1.165, 1.54) is 7.11 Å². The van der Waals surface area contributed by atoms with Gasteiger partial charge >= 0.3 is 12.1 Å². The fourth-order valence-corrected chi connectivity index (χ4v) is 2.01. The largest absolute Gasteiger partial charge is 0.467 e. The predicted molar refractivity (Wildman–Crippen MR) is 85.3 cm³/mol. The molecule has 0 fully saturated rings. The lowest BCUT2D eigenvalue weighted by Crippen LogP contribution is -2.45. The summed E-state index contributed by atoms with van der Waals surface area (Å²) in [5, 5.41) is 3.29. The fourth-order valence-electron chi connectivity index (χ4n) is 1.69. The van der Waals surface area contributed by atoms with Crippen molar-refractivity contribution in [2.45, 2.75) is 38.8 Å². The molecular weight excluding hydrogens is 329 g/mol. The fraction of sp³-hybridized carbons (Fsp3) is 0.467. The minimum Gasteiger partial charge on any atom is -0.467 e. The van der Waals surface area contributed by atoms with Crippen LogP contribution in [0.25, 0.3) is 0 Å². The van der Waals surface area contributed by atoms with Crippen molar-refractivity contribution in [3.63, 3.8) is 0 Å². The van der Waals surface area contributed by atoms with Crippen LogP contribution in [0.5, 0.6) is 0 Å². The number of benzene rings is 1. The Morgan fingerprint density at radius 2 is 1.86 bits per heavy atom. The first-order valence-electron chi connectivity index (χ1n) is 6.63. The number of amides is 1. The smallest absolute Gasteiger partial charge is 0.408 e. The third kappa shape index (κ3) is 6.12. The molecule has 1 rings (SSSR count). The molecular formula is C15H19Cl2NO4. The van der Waals surface area contributed by atoms with Gasteiger partial charge in [0, 0.05) is 6.42 Å². The van der Waals surface area contributed by atoms with E-state index >= 15 is 0 Å². The zero-order valence-electron chi connectivity index (χ0n) is 12.9. The molecule has 7 heteroatoms. The van der Waals surface area contributed by atoms with Crippen molar-refractivity contribution in [3.05, 3.63) is 33.8 Å². The molecule has 0 spiro atoms. The summed E-state index contributed by atoms with van der Waals surface area (Å²) in [6, 6.07) is 4.11. The van der Waals surface area contributed by atoms with E-state index in [0.717, 1.165) is 5.56 Å². The summed E-state index contributed by atoms with van der Waals surface area (Å²) < 4.78 is 9.84. The van der Waals surface area contributed by atoms with Crippen molar-refractivity contribution in [1.82, 2.24) is 5.32 Å². The Kier molecular flexibility index (Phi) is 6.50. The second-order valence-corrected chi connectivity index (χ2v) is 6.49. The number of halogens is 2. The van der Waals surface area contributed by atoms with Crippen LogP contribution in [0.15, 0.2) is 18.2 Å². The van der Waals surface area contributed by atoms with Gasteiger partial charge in [-0.25, -0.2) is 9.59 Å². The Morgan fingerprint density at radius 1 is 1.23 bits per heavy atom. The predicted octanol–water partition coefficient (Wildman–Crippen LogP) is 3.60. The standard InChI is InChI=1S/C15H19Cl2NO4/c1-15(2,3)22-14(20)18-12(13(19)21-4)8-9-5-6-10(16)11(17)7-9/h5-7,12H,8H2,1-4H3,(H,18,20)/t12-/m1/s1. The molecule has 1 N–H and O–H groups in total. The van der Waals surface area contributed by atoms with Crippen LogP contribution < -0.4 is 5.32 Å². The number of rotatable bonds is 4. The van der Waals surface area contributed by atoms with Crippen LogP contribution in [-0.2, 0) is 20.7 Å². The third-order valence-electron chi connectivity index (χ3n) is 2.60. The maximum absolute atomic E-state index is 11.8. The second kappa shape index (κ2) is 7.70. The topological polar surface area (TPSA) is 64.6 Å². The molecule has 1 atom stereocenters. The molecule has 0 saturated heterocycles. The van der Waals surface area contributed by atoms with Gasteiger partial charge in [0.2, 0.25) is 0 Å². The number of hydrogen-bond acceptors (Lipinski definition) is 4. The number of esters is 1. The molecule has 22 heavy (non-hydrogen) atoms. The van der Waals surface area contributed by atoms with Crippen LogP contribution >= 0.6 is 23.2 Å². The number of nitrogens with one attached hydrogen (secondary N) is 1. The van der Waals surface area contributed by atoms with E-state index in [4.69, 9.17) is 32.7 Å². The molecule has 5 nitrogen and oxygen atoms in total. The van der Waals surface area contributed by atoms with Gasteiger partial charge in [-0.15, -0.1) is 0 Å². The summed E-state index contributed by atoms with van der Waals surface area (Å²) in [6.07, 6.45) is -0.481. The van der Waals surface area contributed by atoms with E-state index in [-0.39, 0.29) is 6.42 Å². The van der Waals surface area contributed by atoms with E-state index in [1.807, 2.05) is 0 Å². The zero-order valence-corrected chi connectivity index (χ0v) is 14.4. The second-order valence-electron chi connectivity index (χ2n) is 5.67. The number of hydrogen-bond donors (Lipinski definition) is 1. The van der Waals surface area contributed by atoms with Gasteiger partial charge in [-0.1, -0.05) is 29.3 Å². The van der Waals surface area contributed by atoms with E-state index in [1.54, 1.807) is 39.0 Å². The van der Waals surface area contributed by atoms with Gasteiger partial charge in [-0.3, -0.25) is 0 Å². The summed E-state index contributed by atoms with van der Waals surface area (Å²) in [4.78, 5) is 23.6. The molecule has 0 radical (unpaired) electrons. The number of carbonyl (C=O) groups is 2. The van der Waals surface area contributed by atoms with Crippen molar-refractivity contribution in [2.24, 2.45) is 0 Å². The minimum atomic E-state index is -0.878. The maximum Gasteiger partial charge on any atom is 0.408 e. The van der Waals surface area contributed by atoms with Gasteiger partial charge in [0.15, 0.2) is 0 Å². The van der Waals surface area contributed by atoms with Crippen molar-refractivity contribution in [2.75, 3.05) is 7.11 Å². The monoisotopic (exact) mass is 347 g/mol. The average Bonchev–Trinajstić information content (AvgIpc) is 2.39. The van der Waals surface area contributed by atoms with Crippen LogP contribution in [0, 0.1) is 0 Å². The molecule has 1 aromatic rings. The van der Waals surface area contributed by atoms with Crippen LogP contribution in [0.1, 0.15) is 26.3 Å². The first-order valence-corrected chi connectivity index (χ1v) is 7.39. The molecule has 0 aromatic heterocycles. The SMILES string of the molecule is COC(=O)[C@@H](Cc1ccc(Cl)c(Cl)c1)NC(=O)OC(C)(C)C. The molecule has 0 aliphatic carbocycles. The third-order valence-corrected chi connectivity index (χ3v) is 3.34. The van der Waals surface area contributed by atoms with Crippen LogP contribution in [0.4, 0.5) is 4.79 Å². The van der Waals surface area contributed by atoms with Crippen LogP contribution in [0.3, 0.4) is 0 Å². The summed E-state index contributed by atoms with van der Waals surface area (Å²) in [5.41, 5.74) is 0.0785. The number of alkyl carbamates (subject to hydrolysis) is 1. The Balaban J connectivity index is 2.82. The lowest BCUT2D eigenvalue weighted by atomic mass is 10.1. The molecule has 1 amide bonds. The van der Waals surface area contributed by atoms with Crippen molar-refractivity contribution in [3.8, 4) is 0 Å². The Hall–Kier alpha value is -1.46. The van der Waals surface area contributed by atoms with Gasteiger partial charge in [-0.05, 0) is 38.5 Å².